The summed E-state index contributed by atoms with van der Waals surface area (Å²) in [5, 5.41) is 5.38. The van der Waals surface area contributed by atoms with E-state index in [4.69, 9.17) is 4.74 Å². The molecular weight excluding hydrogens is 434 g/mol. The number of amides is 1. The van der Waals surface area contributed by atoms with Gasteiger partial charge in [0, 0.05) is 41.4 Å². The maximum atomic E-state index is 12.9. The Balaban J connectivity index is 1.36. The van der Waals surface area contributed by atoms with Gasteiger partial charge in [-0.3, -0.25) is 10.1 Å². The Morgan fingerprint density at radius 1 is 1.12 bits per heavy atom. The van der Waals surface area contributed by atoms with E-state index in [1.165, 1.54) is 11.3 Å². The van der Waals surface area contributed by atoms with Crippen LogP contribution in [0, 0.1) is 13.8 Å². The molecule has 1 N–H and O–H groups in total. The van der Waals surface area contributed by atoms with Gasteiger partial charge in [0.15, 0.2) is 5.13 Å². The van der Waals surface area contributed by atoms with Gasteiger partial charge in [-0.2, -0.15) is 0 Å². The predicted molar refractivity (Wildman–Crippen MR) is 129 cm³/mol. The highest BCUT2D eigenvalue weighted by molar-refractivity contribution is 7.14. The molecule has 0 bridgehead atoms. The number of aromatic nitrogens is 2. The summed E-state index contributed by atoms with van der Waals surface area (Å²) in [6, 6.07) is 16.8. The molecule has 0 saturated heterocycles. The smallest absolute Gasteiger partial charge is 0.339 e. The zero-order chi connectivity index (χ0) is 23.1. The third kappa shape index (κ3) is 3.96. The predicted octanol–water partition coefficient (Wildman–Crippen LogP) is 5.47. The summed E-state index contributed by atoms with van der Waals surface area (Å²) < 4.78 is 7.73. The summed E-state index contributed by atoms with van der Waals surface area (Å²) >= 11 is 1.39. The normalized spacial score (nSPS) is 15.1. The van der Waals surface area contributed by atoms with Gasteiger partial charge < -0.3 is 9.30 Å². The van der Waals surface area contributed by atoms with E-state index in [0.29, 0.717) is 22.7 Å². The van der Waals surface area contributed by atoms with Crippen LogP contribution in [-0.2, 0) is 18.2 Å². The quantitative estimate of drug-likeness (QED) is 0.412. The maximum Gasteiger partial charge on any atom is 0.339 e. The standard InChI is InChI=1S/C26H23N3O3S/c1-15-11-21(16(2)29(15)3)22-14-33-26(27-22)28-24(30)18-9-10-20-19(12-18)13-23(32-25(20)31)17-7-5-4-6-8-17/h4-12,14,23H,13H2,1-3H3,(H,27,28,30)/t23-/m1/s1. The van der Waals surface area contributed by atoms with Crippen LogP contribution in [0.3, 0.4) is 0 Å². The molecule has 0 fully saturated rings. The van der Waals surface area contributed by atoms with Gasteiger partial charge in [-0.1, -0.05) is 30.3 Å². The minimum absolute atomic E-state index is 0.255. The molecular formula is C26H23N3O3S. The molecule has 0 unspecified atom stereocenters. The van der Waals surface area contributed by atoms with E-state index < -0.39 is 0 Å². The second-order valence-electron chi connectivity index (χ2n) is 8.22. The molecule has 3 heterocycles. The Hall–Kier alpha value is -3.71. The number of fused-ring (bicyclic) bond motifs is 1. The summed E-state index contributed by atoms with van der Waals surface area (Å²) in [6.07, 6.45) is 0.170. The van der Waals surface area contributed by atoms with Crippen molar-refractivity contribution >= 4 is 28.3 Å². The molecule has 1 aliphatic heterocycles. The first-order valence-electron chi connectivity index (χ1n) is 10.7. The zero-order valence-electron chi connectivity index (χ0n) is 18.6. The molecule has 4 aromatic rings. The monoisotopic (exact) mass is 457 g/mol. The van der Waals surface area contributed by atoms with Gasteiger partial charge in [-0.25, -0.2) is 9.78 Å². The molecule has 0 saturated carbocycles. The largest absolute Gasteiger partial charge is 0.454 e. The number of esters is 1. The number of hydrogen-bond donors (Lipinski definition) is 1. The van der Waals surface area contributed by atoms with E-state index in [2.05, 4.69) is 34.8 Å². The number of aryl methyl sites for hydroxylation is 1. The van der Waals surface area contributed by atoms with Crippen molar-refractivity contribution in [3.63, 3.8) is 0 Å². The number of nitrogens with one attached hydrogen (secondary N) is 1. The zero-order valence-corrected chi connectivity index (χ0v) is 19.4. The fourth-order valence-electron chi connectivity index (χ4n) is 4.13. The van der Waals surface area contributed by atoms with Gasteiger partial charge in [0.2, 0.25) is 0 Å². The van der Waals surface area contributed by atoms with Crippen LogP contribution in [0.25, 0.3) is 11.3 Å². The number of nitrogens with zero attached hydrogens (tertiary/aromatic N) is 2. The van der Waals surface area contributed by atoms with Crippen molar-refractivity contribution in [1.29, 1.82) is 0 Å². The molecule has 2 aromatic carbocycles. The van der Waals surface area contributed by atoms with Crippen LogP contribution in [0.1, 0.15) is 49.3 Å². The molecule has 33 heavy (non-hydrogen) atoms. The molecule has 166 valence electrons. The maximum absolute atomic E-state index is 12.9. The number of carbonyl (C=O) groups excluding carboxylic acids is 2. The highest BCUT2D eigenvalue weighted by Crippen LogP contribution is 2.32. The van der Waals surface area contributed by atoms with Crippen molar-refractivity contribution in [1.82, 2.24) is 9.55 Å². The Bertz CT molecular complexity index is 1370. The van der Waals surface area contributed by atoms with E-state index >= 15 is 0 Å². The number of rotatable bonds is 4. The molecule has 6 nitrogen and oxygen atoms in total. The van der Waals surface area contributed by atoms with Crippen LogP contribution in [0.5, 0.6) is 0 Å². The van der Waals surface area contributed by atoms with E-state index in [-0.39, 0.29) is 18.0 Å². The third-order valence-electron chi connectivity index (χ3n) is 6.19. The lowest BCUT2D eigenvalue weighted by atomic mass is 9.93. The summed E-state index contributed by atoms with van der Waals surface area (Å²) in [4.78, 5) is 30.0. The lowest BCUT2D eigenvalue weighted by Gasteiger charge is -2.25. The van der Waals surface area contributed by atoms with E-state index in [9.17, 15) is 9.59 Å². The van der Waals surface area contributed by atoms with Crippen molar-refractivity contribution < 1.29 is 14.3 Å². The molecule has 0 aliphatic carbocycles. The summed E-state index contributed by atoms with van der Waals surface area (Å²) in [5.41, 5.74) is 6.93. The molecule has 1 atom stereocenters. The Kier molecular flexibility index (Phi) is 5.34. The van der Waals surface area contributed by atoms with Gasteiger partial charge in [-0.15, -0.1) is 11.3 Å². The minimum Gasteiger partial charge on any atom is -0.454 e. The first-order chi connectivity index (χ1) is 15.9. The van der Waals surface area contributed by atoms with Crippen molar-refractivity contribution in [2.75, 3.05) is 5.32 Å². The molecule has 0 spiro atoms. The van der Waals surface area contributed by atoms with E-state index in [1.54, 1.807) is 18.2 Å². The lowest BCUT2D eigenvalue weighted by molar-refractivity contribution is 0.0252. The first kappa shape index (κ1) is 21.2. The van der Waals surface area contributed by atoms with Gasteiger partial charge in [0.25, 0.3) is 5.91 Å². The Morgan fingerprint density at radius 2 is 1.91 bits per heavy atom. The van der Waals surface area contributed by atoms with Crippen molar-refractivity contribution in [2.45, 2.75) is 26.4 Å². The number of cyclic esters (lactones) is 1. The fourth-order valence-corrected chi connectivity index (χ4v) is 4.84. The van der Waals surface area contributed by atoms with Crippen LogP contribution < -0.4 is 5.32 Å². The number of anilines is 1. The summed E-state index contributed by atoms with van der Waals surface area (Å²) in [6.45, 7) is 4.11. The summed E-state index contributed by atoms with van der Waals surface area (Å²) in [7, 11) is 2.03. The number of benzene rings is 2. The molecule has 7 heteroatoms. The number of thiazole rings is 1. The SMILES string of the molecule is Cc1cc(-c2csc(NC(=O)c3ccc4c(c3)C[C@H](c3ccccc3)OC4=O)n2)c(C)n1C. The number of ether oxygens (including phenoxy) is 1. The van der Waals surface area contributed by atoms with E-state index in [1.807, 2.05) is 42.8 Å². The Labute approximate surface area is 195 Å². The molecule has 0 radical (unpaired) electrons. The highest BCUT2D eigenvalue weighted by Gasteiger charge is 2.28. The molecule has 1 aliphatic rings. The van der Waals surface area contributed by atoms with Gasteiger partial charge in [-0.05, 0) is 49.2 Å². The van der Waals surface area contributed by atoms with Crippen LogP contribution in [0.15, 0.2) is 60.0 Å². The topological polar surface area (TPSA) is 73.2 Å². The third-order valence-corrected chi connectivity index (χ3v) is 6.95. The van der Waals surface area contributed by atoms with Crippen molar-refractivity contribution in [2.24, 2.45) is 7.05 Å². The van der Waals surface area contributed by atoms with Crippen molar-refractivity contribution in [3.05, 3.63) is 93.6 Å². The number of carbonyl (C=O) groups is 2. The highest BCUT2D eigenvalue weighted by atomic mass is 32.1. The molecule has 2 aromatic heterocycles. The average Bonchev–Trinajstić information content (AvgIpc) is 3.39. The van der Waals surface area contributed by atoms with Crippen LogP contribution in [0.4, 0.5) is 5.13 Å². The van der Waals surface area contributed by atoms with Crippen LogP contribution in [-0.4, -0.2) is 21.4 Å². The van der Waals surface area contributed by atoms with Crippen molar-refractivity contribution in [3.8, 4) is 11.3 Å². The van der Waals surface area contributed by atoms with Gasteiger partial charge in [0.1, 0.15) is 6.10 Å². The molecule has 5 rings (SSSR count). The van der Waals surface area contributed by atoms with Crippen LogP contribution >= 0.6 is 11.3 Å². The fraction of sp³-hybridized carbons (Fsp3) is 0.192. The average molecular weight is 458 g/mol. The van der Waals surface area contributed by atoms with E-state index in [0.717, 1.165) is 33.8 Å². The first-order valence-corrected chi connectivity index (χ1v) is 11.6. The molecule has 1 amide bonds. The Morgan fingerprint density at radius 3 is 2.64 bits per heavy atom. The summed E-state index contributed by atoms with van der Waals surface area (Å²) in [5.74, 6) is -0.620. The van der Waals surface area contributed by atoms with Gasteiger partial charge >= 0.3 is 5.97 Å². The van der Waals surface area contributed by atoms with Crippen LogP contribution in [0.2, 0.25) is 0 Å². The second-order valence-corrected chi connectivity index (χ2v) is 9.07. The van der Waals surface area contributed by atoms with Gasteiger partial charge in [0.05, 0.1) is 11.3 Å². The second kappa shape index (κ2) is 8.33. The number of hydrogen-bond acceptors (Lipinski definition) is 5. The lowest BCUT2D eigenvalue weighted by Crippen LogP contribution is -2.23. The minimum atomic E-state index is -0.366.